The van der Waals surface area contributed by atoms with Crippen molar-refractivity contribution < 1.29 is 18.0 Å². The van der Waals surface area contributed by atoms with Crippen LogP contribution in [0.5, 0.6) is 0 Å². The van der Waals surface area contributed by atoms with Crippen molar-refractivity contribution in [1.82, 2.24) is 9.55 Å². The molecule has 106 valence electrons. The first-order valence-electron chi connectivity index (χ1n) is 5.50. The van der Waals surface area contributed by atoms with Gasteiger partial charge in [0.05, 0.1) is 5.02 Å². The first-order chi connectivity index (χ1) is 9.37. The molecule has 1 amide bonds. The zero-order valence-electron chi connectivity index (χ0n) is 9.99. The Bertz CT molecular complexity index is 624. The molecule has 0 radical (unpaired) electrons. The summed E-state index contributed by atoms with van der Waals surface area (Å²) >= 11 is 5.81. The molecular weight excluding hydrogens is 295 g/mol. The van der Waals surface area contributed by atoms with E-state index in [0.29, 0.717) is 0 Å². The van der Waals surface area contributed by atoms with Gasteiger partial charge in [-0.3, -0.25) is 4.79 Å². The second kappa shape index (κ2) is 5.54. The third-order valence-corrected chi connectivity index (χ3v) is 2.71. The molecule has 0 aliphatic carbocycles. The van der Waals surface area contributed by atoms with Gasteiger partial charge < -0.3 is 9.88 Å². The van der Waals surface area contributed by atoms with Crippen molar-refractivity contribution in [3.05, 3.63) is 47.4 Å². The summed E-state index contributed by atoms with van der Waals surface area (Å²) in [6.07, 6.45) is -1.81. The number of amides is 1. The highest BCUT2D eigenvalue weighted by Gasteiger charge is 2.29. The summed E-state index contributed by atoms with van der Waals surface area (Å²) in [6.45, 7) is -1.24. The van der Waals surface area contributed by atoms with Crippen LogP contribution in [0.15, 0.2) is 36.7 Å². The smallest absolute Gasteiger partial charge is 0.334 e. The van der Waals surface area contributed by atoms with E-state index < -0.39 is 18.6 Å². The van der Waals surface area contributed by atoms with Crippen molar-refractivity contribution in [2.24, 2.45) is 0 Å². The van der Waals surface area contributed by atoms with Crippen molar-refractivity contribution in [2.45, 2.75) is 12.7 Å². The molecule has 0 unspecified atom stereocenters. The van der Waals surface area contributed by atoms with Gasteiger partial charge in [0.2, 0.25) is 0 Å². The summed E-state index contributed by atoms with van der Waals surface area (Å²) in [5, 5.41) is 2.57. The first kappa shape index (κ1) is 14.4. The maximum Gasteiger partial charge on any atom is 0.406 e. The van der Waals surface area contributed by atoms with E-state index in [1.54, 1.807) is 6.07 Å². The van der Waals surface area contributed by atoms with Gasteiger partial charge >= 0.3 is 6.18 Å². The lowest BCUT2D eigenvalue weighted by molar-refractivity contribution is -0.140. The van der Waals surface area contributed by atoms with Gasteiger partial charge in [-0.05, 0) is 24.3 Å². The van der Waals surface area contributed by atoms with Crippen LogP contribution in [0.3, 0.4) is 0 Å². The minimum Gasteiger partial charge on any atom is -0.334 e. The molecule has 0 aliphatic rings. The molecule has 0 saturated carbocycles. The van der Waals surface area contributed by atoms with Crippen molar-refractivity contribution in [3.8, 4) is 0 Å². The van der Waals surface area contributed by atoms with E-state index in [-0.39, 0.29) is 16.5 Å². The fourth-order valence-corrected chi connectivity index (χ4v) is 1.77. The van der Waals surface area contributed by atoms with Gasteiger partial charge in [0.25, 0.3) is 5.91 Å². The fraction of sp³-hybridized carbons (Fsp3) is 0.167. The third-order valence-electron chi connectivity index (χ3n) is 2.40. The van der Waals surface area contributed by atoms with E-state index in [1.807, 2.05) is 0 Å². The number of pyridine rings is 1. The van der Waals surface area contributed by atoms with E-state index in [2.05, 4.69) is 10.3 Å². The summed E-state index contributed by atoms with van der Waals surface area (Å²) in [4.78, 5) is 15.8. The van der Waals surface area contributed by atoms with Crippen molar-refractivity contribution >= 4 is 23.3 Å². The fourth-order valence-electron chi connectivity index (χ4n) is 1.60. The maximum absolute atomic E-state index is 12.4. The molecular formula is C12H9ClF3N3O. The Balaban J connectivity index is 2.19. The summed E-state index contributed by atoms with van der Waals surface area (Å²) in [7, 11) is 0. The molecule has 0 aromatic carbocycles. The number of hydrogen-bond acceptors (Lipinski definition) is 2. The number of nitrogens with zero attached hydrogens (tertiary/aromatic N) is 2. The maximum atomic E-state index is 12.4. The highest BCUT2D eigenvalue weighted by molar-refractivity contribution is 6.33. The number of hydrogen-bond donors (Lipinski definition) is 1. The summed E-state index contributed by atoms with van der Waals surface area (Å²) in [5.41, 5.74) is -0.121. The molecule has 8 heteroatoms. The third kappa shape index (κ3) is 3.51. The van der Waals surface area contributed by atoms with Gasteiger partial charge in [0.1, 0.15) is 12.2 Å². The number of halogens is 4. The van der Waals surface area contributed by atoms with Gasteiger partial charge in [0.15, 0.2) is 5.82 Å². The SMILES string of the molecule is O=C(Nc1ncccc1Cl)c1cccn1CC(F)(F)F. The van der Waals surface area contributed by atoms with Gasteiger partial charge in [-0.1, -0.05) is 11.6 Å². The average molecular weight is 304 g/mol. The van der Waals surface area contributed by atoms with Crippen LogP contribution >= 0.6 is 11.6 Å². The minimum absolute atomic E-state index is 0.0962. The zero-order valence-corrected chi connectivity index (χ0v) is 10.7. The lowest BCUT2D eigenvalue weighted by Gasteiger charge is -2.12. The second-order valence-electron chi connectivity index (χ2n) is 3.92. The van der Waals surface area contributed by atoms with Gasteiger partial charge in [-0.25, -0.2) is 4.98 Å². The zero-order chi connectivity index (χ0) is 14.8. The molecule has 2 aromatic heterocycles. The largest absolute Gasteiger partial charge is 0.406 e. The molecule has 0 aliphatic heterocycles. The Kier molecular flexibility index (Phi) is 3.99. The lowest BCUT2D eigenvalue weighted by Crippen LogP contribution is -2.23. The van der Waals surface area contributed by atoms with Crippen LogP contribution in [0.1, 0.15) is 10.5 Å². The number of rotatable bonds is 3. The summed E-state index contributed by atoms with van der Waals surface area (Å²) in [5.74, 6) is -0.612. The number of carbonyl (C=O) groups is 1. The van der Waals surface area contributed by atoms with E-state index in [4.69, 9.17) is 11.6 Å². The highest BCUT2D eigenvalue weighted by atomic mass is 35.5. The molecule has 2 heterocycles. The minimum atomic E-state index is -4.41. The van der Waals surface area contributed by atoms with Gasteiger partial charge in [-0.15, -0.1) is 0 Å². The first-order valence-corrected chi connectivity index (χ1v) is 5.88. The van der Waals surface area contributed by atoms with E-state index in [9.17, 15) is 18.0 Å². The van der Waals surface area contributed by atoms with Crippen molar-refractivity contribution in [2.75, 3.05) is 5.32 Å². The van der Waals surface area contributed by atoms with Crippen LogP contribution in [0.4, 0.5) is 19.0 Å². The Hall–Kier alpha value is -2.02. The lowest BCUT2D eigenvalue weighted by atomic mass is 10.3. The normalized spacial score (nSPS) is 11.4. The molecule has 0 saturated heterocycles. The van der Waals surface area contributed by atoms with E-state index in [1.165, 1.54) is 30.6 Å². The second-order valence-corrected chi connectivity index (χ2v) is 4.33. The number of anilines is 1. The Labute approximate surface area is 117 Å². The predicted molar refractivity (Wildman–Crippen MR) is 67.7 cm³/mol. The van der Waals surface area contributed by atoms with Crippen LogP contribution in [0, 0.1) is 0 Å². The molecule has 2 rings (SSSR count). The van der Waals surface area contributed by atoms with Gasteiger partial charge in [0, 0.05) is 12.4 Å². The molecule has 2 aromatic rings. The van der Waals surface area contributed by atoms with Crippen molar-refractivity contribution in [1.29, 1.82) is 0 Å². The number of aromatic nitrogens is 2. The summed E-state index contributed by atoms with van der Waals surface area (Å²) in [6, 6.07) is 5.74. The predicted octanol–water partition coefficient (Wildman–Crippen LogP) is 3.35. The summed E-state index contributed by atoms with van der Waals surface area (Å²) < 4.78 is 37.9. The molecule has 0 bridgehead atoms. The molecule has 0 spiro atoms. The molecule has 20 heavy (non-hydrogen) atoms. The topological polar surface area (TPSA) is 46.9 Å². The number of alkyl halides is 3. The van der Waals surface area contributed by atoms with Crippen LogP contribution in [0.2, 0.25) is 5.02 Å². The molecule has 4 nitrogen and oxygen atoms in total. The molecule has 0 fully saturated rings. The Morgan fingerprint density at radius 3 is 2.75 bits per heavy atom. The van der Waals surface area contributed by atoms with Crippen LogP contribution < -0.4 is 5.32 Å². The Morgan fingerprint density at radius 1 is 1.35 bits per heavy atom. The number of nitrogens with one attached hydrogen (secondary N) is 1. The van der Waals surface area contributed by atoms with E-state index in [0.717, 1.165) is 4.57 Å². The quantitative estimate of drug-likeness (QED) is 0.945. The van der Waals surface area contributed by atoms with Crippen LogP contribution in [-0.2, 0) is 6.54 Å². The highest BCUT2D eigenvalue weighted by Crippen LogP contribution is 2.21. The van der Waals surface area contributed by atoms with Gasteiger partial charge in [-0.2, -0.15) is 13.2 Å². The number of carbonyl (C=O) groups excluding carboxylic acids is 1. The van der Waals surface area contributed by atoms with Crippen molar-refractivity contribution in [3.63, 3.8) is 0 Å². The van der Waals surface area contributed by atoms with Crippen LogP contribution in [0.25, 0.3) is 0 Å². The molecule has 0 atom stereocenters. The van der Waals surface area contributed by atoms with E-state index >= 15 is 0 Å². The Morgan fingerprint density at radius 2 is 2.10 bits per heavy atom. The molecule has 1 N–H and O–H groups in total. The average Bonchev–Trinajstić information content (AvgIpc) is 2.77. The monoisotopic (exact) mass is 303 g/mol. The standard InChI is InChI=1S/C12H9ClF3N3O/c13-8-3-1-5-17-10(8)18-11(20)9-4-2-6-19(9)7-12(14,15)16/h1-6H,7H2,(H,17,18,20). The van der Waals surface area contributed by atoms with Crippen LogP contribution in [-0.4, -0.2) is 21.6 Å².